The van der Waals surface area contributed by atoms with Crippen LogP contribution in [0.25, 0.3) is 22.0 Å². The fraction of sp³-hybridized carbons (Fsp3) is 0.235. The van der Waals surface area contributed by atoms with Crippen LogP contribution in [0.15, 0.2) is 102 Å². The largest absolute Gasteiger partial charge is 0.336 e. The first-order valence-corrected chi connectivity index (χ1v) is 17.1. The molecule has 0 saturated heterocycles. The monoisotopic (exact) mass is 664 g/mol. The van der Waals surface area contributed by atoms with Gasteiger partial charge < -0.3 is 23.9 Å². The van der Waals surface area contributed by atoms with Crippen molar-refractivity contribution in [1.82, 2.24) is 14.1 Å². The van der Waals surface area contributed by atoms with E-state index in [0.29, 0.717) is 15.6 Å². The Balaban J connectivity index is 1.68. The van der Waals surface area contributed by atoms with E-state index in [1.807, 2.05) is 72.3 Å². The number of hydrogen-bond donors (Lipinski definition) is 1. The molecule has 0 aliphatic rings. The van der Waals surface area contributed by atoms with E-state index in [9.17, 15) is 9.36 Å². The maximum absolute atomic E-state index is 13.6. The standard InChI is InChI=1S/C34H35Cl2N4O4P/c1-4-43-45(42,44-5-2)18-7-6-17-40-31-16-13-26(20-30(31)29(21-33(40)41)24-9-8-10-28(36)19-24)34(37,32-22-38-23-39(32)3)25-11-14-27(35)15-12-25/h6-16,19-23H,4-5,17-18,37H2,1-3H3/b7-6+/t34-/m1/s1. The first kappa shape index (κ1) is 32.9. The van der Waals surface area contributed by atoms with Gasteiger partial charge in [-0.1, -0.05) is 65.7 Å². The molecule has 0 fully saturated rings. The number of allylic oxidation sites excluding steroid dienone is 2. The molecule has 5 aromatic rings. The average molecular weight is 666 g/mol. The van der Waals surface area contributed by atoms with Crippen LogP contribution in [-0.4, -0.2) is 33.5 Å². The lowest BCUT2D eigenvalue weighted by atomic mass is 9.80. The Bertz CT molecular complexity index is 1940. The minimum atomic E-state index is -3.25. The number of aryl methyl sites for hydroxylation is 1. The molecule has 2 heterocycles. The Kier molecular flexibility index (Phi) is 10.1. The molecule has 8 nitrogen and oxygen atoms in total. The molecule has 0 radical (unpaired) electrons. The highest BCUT2D eigenvalue weighted by atomic mass is 35.5. The van der Waals surface area contributed by atoms with Crippen LogP contribution in [0, 0.1) is 0 Å². The summed E-state index contributed by atoms with van der Waals surface area (Å²) in [4.78, 5) is 18.0. The lowest BCUT2D eigenvalue weighted by Gasteiger charge is -2.32. The van der Waals surface area contributed by atoms with Crippen molar-refractivity contribution in [3.8, 4) is 11.1 Å². The molecule has 0 bridgehead atoms. The topological polar surface area (TPSA) is 101 Å². The van der Waals surface area contributed by atoms with Crippen molar-refractivity contribution >= 4 is 41.7 Å². The third kappa shape index (κ3) is 6.87. The molecule has 45 heavy (non-hydrogen) atoms. The molecule has 0 aliphatic carbocycles. The van der Waals surface area contributed by atoms with E-state index < -0.39 is 13.1 Å². The van der Waals surface area contributed by atoms with E-state index in [-0.39, 0.29) is 31.5 Å². The number of rotatable bonds is 12. The molecular weight excluding hydrogens is 630 g/mol. The van der Waals surface area contributed by atoms with Gasteiger partial charge in [-0.25, -0.2) is 4.98 Å². The van der Waals surface area contributed by atoms with Gasteiger partial charge in [-0.15, -0.1) is 0 Å². The molecule has 0 unspecified atom stereocenters. The van der Waals surface area contributed by atoms with Crippen molar-refractivity contribution in [2.75, 3.05) is 19.4 Å². The maximum atomic E-state index is 13.6. The Morgan fingerprint density at radius 2 is 1.64 bits per heavy atom. The summed E-state index contributed by atoms with van der Waals surface area (Å²) in [5.74, 6) is 0. The summed E-state index contributed by atoms with van der Waals surface area (Å²) < 4.78 is 27.3. The minimum absolute atomic E-state index is 0.105. The fourth-order valence-corrected chi connectivity index (χ4v) is 7.34. The second-order valence-electron chi connectivity index (χ2n) is 10.6. The summed E-state index contributed by atoms with van der Waals surface area (Å²) in [6.45, 7) is 4.34. The van der Waals surface area contributed by atoms with Crippen LogP contribution in [0.2, 0.25) is 10.0 Å². The highest BCUT2D eigenvalue weighted by Gasteiger charge is 2.35. The molecule has 1 atom stereocenters. The quantitative estimate of drug-likeness (QED) is 0.108. The van der Waals surface area contributed by atoms with Gasteiger partial charge in [0.15, 0.2) is 0 Å². The summed E-state index contributed by atoms with van der Waals surface area (Å²) in [5.41, 5.74) is 10.7. The van der Waals surface area contributed by atoms with E-state index in [1.165, 1.54) is 0 Å². The van der Waals surface area contributed by atoms with E-state index in [2.05, 4.69) is 4.98 Å². The molecular formula is C34H35Cl2N4O4P. The number of halogens is 2. The number of imidazole rings is 1. The van der Waals surface area contributed by atoms with Crippen molar-refractivity contribution in [2.24, 2.45) is 12.8 Å². The molecule has 5 rings (SSSR count). The average Bonchev–Trinajstić information content (AvgIpc) is 3.46. The van der Waals surface area contributed by atoms with Crippen LogP contribution in [0.1, 0.15) is 30.7 Å². The number of nitrogens with two attached hydrogens (primary N) is 1. The second-order valence-corrected chi connectivity index (χ2v) is 13.5. The number of fused-ring (bicyclic) bond motifs is 1. The molecule has 0 aliphatic heterocycles. The molecule has 0 spiro atoms. The van der Waals surface area contributed by atoms with Gasteiger partial charge in [0.05, 0.1) is 43.1 Å². The highest BCUT2D eigenvalue weighted by Crippen LogP contribution is 2.48. The Morgan fingerprint density at radius 3 is 2.29 bits per heavy atom. The summed E-state index contributed by atoms with van der Waals surface area (Å²) in [5, 5.41) is 1.97. The van der Waals surface area contributed by atoms with Crippen molar-refractivity contribution in [3.63, 3.8) is 0 Å². The van der Waals surface area contributed by atoms with Gasteiger partial charge in [-0.3, -0.25) is 9.36 Å². The van der Waals surface area contributed by atoms with Crippen molar-refractivity contribution in [3.05, 3.63) is 135 Å². The molecule has 2 N–H and O–H groups in total. The van der Waals surface area contributed by atoms with Crippen LogP contribution in [-0.2, 0) is 32.7 Å². The highest BCUT2D eigenvalue weighted by molar-refractivity contribution is 7.54. The predicted molar refractivity (Wildman–Crippen MR) is 182 cm³/mol. The number of pyridine rings is 1. The van der Waals surface area contributed by atoms with E-state index in [0.717, 1.165) is 33.3 Å². The van der Waals surface area contributed by atoms with Gasteiger partial charge in [0, 0.05) is 35.1 Å². The van der Waals surface area contributed by atoms with Gasteiger partial charge in [-0.2, -0.15) is 0 Å². The van der Waals surface area contributed by atoms with Crippen molar-refractivity contribution in [1.29, 1.82) is 0 Å². The first-order valence-electron chi connectivity index (χ1n) is 14.6. The lowest BCUT2D eigenvalue weighted by molar-refractivity contribution is 0.222. The van der Waals surface area contributed by atoms with Gasteiger partial charge in [-0.05, 0) is 72.5 Å². The van der Waals surface area contributed by atoms with Gasteiger partial charge in [0.2, 0.25) is 0 Å². The van der Waals surface area contributed by atoms with Gasteiger partial charge in [0.1, 0.15) is 5.54 Å². The zero-order valence-corrected chi connectivity index (χ0v) is 27.7. The van der Waals surface area contributed by atoms with Gasteiger partial charge >= 0.3 is 7.60 Å². The molecule has 0 amide bonds. The van der Waals surface area contributed by atoms with Crippen LogP contribution < -0.4 is 11.3 Å². The Hall–Kier alpha value is -3.49. The van der Waals surface area contributed by atoms with E-state index in [1.54, 1.807) is 55.2 Å². The number of nitrogens with zero attached hydrogens (tertiary/aromatic N) is 3. The molecule has 11 heteroatoms. The zero-order valence-electron chi connectivity index (χ0n) is 25.3. The first-order chi connectivity index (χ1) is 21.6. The second kappa shape index (κ2) is 13.9. The van der Waals surface area contributed by atoms with Gasteiger partial charge in [0.25, 0.3) is 5.56 Å². The number of hydrogen-bond acceptors (Lipinski definition) is 6. The van der Waals surface area contributed by atoms with Crippen molar-refractivity contribution in [2.45, 2.75) is 25.9 Å². The molecule has 234 valence electrons. The van der Waals surface area contributed by atoms with E-state index in [4.69, 9.17) is 38.0 Å². The Morgan fingerprint density at radius 1 is 0.933 bits per heavy atom. The van der Waals surface area contributed by atoms with Crippen LogP contribution >= 0.6 is 30.8 Å². The third-order valence-corrected chi connectivity index (χ3v) is 10.1. The number of aromatic nitrogens is 3. The molecule has 0 saturated carbocycles. The summed E-state index contributed by atoms with van der Waals surface area (Å²) in [6, 6.07) is 22.3. The molecule has 3 aromatic carbocycles. The summed E-state index contributed by atoms with van der Waals surface area (Å²) in [6.07, 6.45) is 7.11. The van der Waals surface area contributed by atoms with Crippen LogP contribution in [0.4, 0.5) is 0 Å². The summed E-state index contributed by atoms with van der Waals surface area (Å²) in [7, 11) is -1.35. The maximum Gasteiger partial charge on any atom is 0.334 e. The van der Waals surface area contributed by atoms with E-state index >= 15 is 0 Å². The Labute approximate surface area is 272 Å². The van der Waals surface area contributed by atoms with Crippen LogP contribution in [0.5, 0.6) is 0 Å². The number of benzene rings is 3. The van der Waals surface area contributed by atoms with Crippen molar-refractivity contribution < 1.29 is 13.6 Å². The summed E-state index contributed by atoms with van der Waals surface area (Å²) >= 11 is 12.6. The minimum Gasteiger partial charge on any atom is -0.336 e. The zero-order chi connectivity index (χ0) is 32.2. The normalized spacial score (nSPS) is 13.5. The fourth-order valence-electron chi connectivity index (χ4n) is 5.55. The lowest BCUT2D eigenvalue weighted by Crippen LogP contribution is -2.41. The third-order valence-electron chi connectivity index (χ3n) is 7.66. The van der Waals surface area contributed by atoms with Crippen LogP contribution in [0.3, 0.4) is 0 Å². The SMILES string of the molecule is CCOP(=O)(C/C=C/Cn1c(=O)cc(-c2cccc(Cl)c2)c2cc([C@](N)(c3ccc(Cl)cc3)c3cncn3C)ccc21)OCC. The smallest absolute Gasteiger partial charge is 0.334 e. The molecule has 2 aromatic heterocycles. The predicted octanol–water partition coefficient (Wildman–Crippen LogP) is 7.78.